The SMILES string of the molecule is CC[C@H](C)[C@@H]1NC(=O)C[C@@H](C(=O)NCc2ccc(CN3CCOCC3)cc2)NC(=O)c2ccccc2OC[C@H](CC(C)C)NC1=O. The summed E-state index contributed by atoms with van der Waals surface area (Å²) in [5, 5.41) is 11.5. The van der Waals surface area contributed by atoms with Gasteiger partial charge in [0.05, 0.1) is 31.2 Å². The highest BCUT2D eigenvalue weighted by molar-refractivity contribution is 6.01. The number of para-hydroxylation sites is 1. The van der Waals surface area contributed by atoms with Crippen molar-refractivity contribution >= 4 is 23.6 Å². The zero-order chi connectivity index (χ0) is 33.1. The van der Waals surface area contributed by atoms with Crippen LogP contribution in [0.25, 0.3) is 0 Å². The van der Waals surface area contributed by atoms with Gasteiger partial charge in [0, 0.05) is 26.2 Å². The minimum atomic E-state index is -1.18. The molecule has 11 nitrogen and oxygen atoms in total. The maximum Gasteiger partial charge on any atom is 0.255 e. The van der Waals surface area contributed by atoms with Crippen molar-refractivity contribution in [3.63, 3.8) is 0 Å². The Morgan fingerprint density at radius 2 is 1.65 bits per heavy atom. The predicted octanol–water partition coefficient (Wildman–Crippen LogP) is 2.78. The molecule has 1 saturated heterocycles. The van der Waals surface area contributed by atoms with Gasteiger partial charge in [0.2, 0.25) is 17.7 Å². The van der Waals surface area contributed by atoms with Crippen LogP contribution in [0.1, 0.15) is 68.4 Å². The molecule has 0 unspecified atom stereocenters. The molecule has 0 saturated carbocycles. The molecule has 2 aliphatic rings. The van der Waals surface area contributed by atoms with E-state index in [1.165, 1.54) is 5.56 Å². The van der Waals surface area contributed by atoms with Gasteiger partial charge in [-0.25, -0.2) is 0 Å². The van der Waals surface area contributed by atoms with Crippen LogP contribution in [0, 0.1) is 11.8 Å². The Morgan fingerprint density at radius 3 is 2.35 bits per heavy atom. The summed E-state index contributed by atoms with van der Waals surface area (Å²) in [7, 11) is 0. The second kappa shape index (κ2) is 17.1. The number of rotatable bonds is 9. The van der Waals surface area contributed by atoms with Gasteiger partial charge >= 0.3 is 0 Å². The van der Waals surface area contributed by atoms with Crippen molar-refractivity contribution in [1.82, 2.24) is 26.2 Å². The molecule has 2 aliphatic heterocycles. The van der Waals surface area contributed by atoms with Gasteiger partial charge in [0.1, 0.15) is 24.4 Å². The van der Waals surface area contributed by atoms with Crippen LogP contribution in [0.5, 0.6) is 5.75 Å². The van der Waals surface area contributed by atoms with Gasteiger partial charge in [-0.15, -0.1) is 0 Å². The van der Waals surface area contributed by atoms with Gasteiger partial charge in [-0.1, -0.05) is 70.5 Å². The highest BCUT2D eigenvalue weighted by atomic mass is 16.5. The maximum atomic E-state index is 13.5. The Morgan fingerprint density at radius 1 is 0.957 bits per heavy atom. The van der Waals surface area contributed by atoms with Crippen LogP contribution in [0.15, 0.2) is 48.5 Å². The van der Waals surface area contributed by atoms with Crippen LogP contribution in [0.4, 0.5) is 0 Å². The van der Waals surface area contributed by atoms with E-state index < -0.39 is 29.8 Å². The number of hydrogen-bond donors (Lipinski definition) is 4. The fourth-order valence-corrected chi connectivity index (χ4v) is 5.66. The number of morpholine rings is 1. The lowest BCUT2D eigenvalue weighted by Gasteiger charge is -2.29. The van der Waals surface area contributed by atoms with Gasteiger partial charge in [-0.3, -0.25) is 24.1 Å². The Bertz CT molecular complexity index is 1330. The molecule has 0 spiro atoms. The highest BCUT2D eigenvalue weighted by Gasteiger charge is 2.32. The Labute approximate surface area is 272 Å². The topological polar surface area (TPSA) is 138 Å². The van der Waals surface area contributed by atoms with Crippen molar-refractivity contribution in [2.24, 2.45) is 11.8 Å². The monoisotopic (exact) mass is 635 g/mol. The van der Waals surface area contributed by atoms with Gasteiger partial charge in [-0.2, -0.15) is 0 Å². The van der Waals surface area contributed by atoms with E-state index in [2.05, 4.69) is 40.0 Å². The van der Waals surface area contributed by atoms with E-state index in [0.29, 0.717) is 18.6 Å². The summed E-state index contributed by atoms with van der Waals surface area (Å²) >= 11 is 0. The molecule has 250 valence electrons. The first-order valence-electron chi connectivity index (χ1n) is 16.4. The third-order valence-corrected chi connectivity index (χ3v) is 8.50. The predicted molar refractivity (Wildman–Crippen MR) is 175 cm³/mol. The van der Waals surface area contributed by atoms with Crippen LogP contribution in [-0.2, 0) is 32.2 Å². The molecule has 0 bridgehead atoms. The molecule has 4 atom stereocenters. The zero-order valence-corrected chi connectivity index (χ0v) is 27.5. The lowest BCUT2D eigenvalue weighted by atomic mass is 9.96. The van der Waals surface area contributed by atoms with Crippen LogP contribution >= 0.6 is 0 Å². The molecule has 1 fully saturated rings. The molecule has 2 aromatic carbocycles. The number of carbonyl (C=O) groups is 4. The fraction of sp³-hybridized carbons (Fsp3) is 0.543. The number of benzene rings is 2. The number of amides is 4. The number of nitrogens with zero attached hydrogens (tertiary/aromatic N) is 1. The number of carbonyl (C=O) groups excluding carboxylic acids is 4. The largest absolute Gasteiger partial charge is 0.491 e. The molecule has 46 heavy (non-hydrogen) atoms. The Hall–Kier alpha value is -3.96. The third kappa shape index (κ3) is 10.3. The van der Waals surface area contributed by atoms with Gasteiger partial charge < -0.3 is 30.7 Å². The van der Waals surface area contributed by atoms with Crippen molar-refractivity contribution in [3.05, 3.63) is 65.2 Å². The number of ether oxygens (including phenoxy) is 2. The Kier molecular flexibility index (Phi) is 13.0. The second-order valence-electron chi connectivity index (χ2n) is 12.7. The van der Waals surface area contributed by atoms with Crippen LogP contribution in [0.3, 0.4) is 0 Å². The van der Waals surface area contributed by atoms with E-state index in [-0.39, 0.29) is 48.9 Å². The summed E-state index contributed by atoms with van der Waals surface area (Å²) in [5.74, 6) is -1.40. The summed E-state index contributed by atoms with van der Waals surface area (Å²) in [4.78, 5) is 56.2. The van der Waals surface area contributed by atoms with Crippen molar-refractivity contribution in [3.8, 4) is 5.75 Å². The van der Waals surface area contributed by atoms with Crippen LogP contribution in [0.2, 0.25) is 0 Å². The molecular formula is C35H49N5O6. The van der Waals surface area contributed by atoms with Gasteiger partial charge in [-0.05, 0) is 41.5 Å². The highest BCUT2D eigenvalue weighted by Crippen LogP contribution is 2.20. The second-order valence-corrected chi connectivity index (χ2v) is 12.7. The summed E-state index contributed by atoms with van der Waals surface area (Å²) < 4.78 is 11.5. The molecule has 0 aliphatic carbocycles. The lowest BCUT2D eigenvalue weighted by molar-refractivity contribution is -0.132. The molecule has 0 radical (unpaired) electrons. The average molecular weight is 636 g/mol. The van der Waals surface area contributed by atoms with Crippen molar-refractivity contribution in [2.45, 2.75) is 78.2 Å². The summed E-state index contributed by atoms with van der Waals surface area (Å²) in [6.07, 6.45) is 0.970. The van der Waals surface area contributed by atoms with Gasteiger partial charge in [0.15, 0.2) is 0 Å². The fourth-order valence-electron chi connectivity index (χ4n) is 5.66. The molecule has 0 aromatic heterocycles. The zero-order valence-electron chi connectivity index (χ0n) is 27.5. The van der Waals surface area contributed by atoms with Crippen LogP contribution < -0.4 is 26.0 Å². The molecule has 4 N–H and O–H groups in total. The summed E-state index contributed by atoms with van der Waals surface area (Å²) in [6.45, 7) is 12.4. The summed E-state index contributed by atoms with van der Waals surface area (Å²) in [6, 6.07) is 12.4. The summed E-state index contributed by atoms with van der Waals surface area (Å²) in [5.41, 5.74) is 2.29. The number of hydrogen-bond acceptors (Lipinski definition) is 7. The molecule has 2 heterocycles. The molecular weight excluding hydrogens is 586 g/mol. The van der Waals surface area contributed by atoms with Crippen molar-refractivity contribution in [1.29, 1.82) is 0 Å². The molecule has 4 amide bonds. The maximum absolute atomic E-state index is 13.5. The van der Waals surface area contributed by atoms with Crippen molar-refractivity contribution < 1.29 is 28.7 Å². The quantitative estimate of drug-likeness (QED) is 0.333. The first kappa shape index (κ1) is 34.9. The van der Waals surface area contributed by atoms with Crippen molar-refractivity contribution in [2.75, 3.05) is 32.9 Å². The molecule has 11 heteroatoms. The van der Waals surface area contributed by atoms with E-state index >= 15 is 0 Å². The van der Waals surface area contributed by atoms with E-state index in [4.69, 9.17) is 9.47 Å². The first-order chi connectivity index (χ1) is 22.1. The lowest BCUT2D eigenvalue weighted by Crippen LogP contribution is -2.55. The average Bonchev–Trinajstić information content (AvgIpc) is 3.04. The van der Waals surface area contributed by atoms with E-state index in [9.17, 15) is 19.2 Å². The normalized spacial score (nSPS) is 22.4. The standard InChI is InChI=1S/C35H49N5O6/c1-5-24(4)32-35(44)37-27(18-23(2)3)22-46-30-9-7-6-8-28(30)33(42)38-29(19-31(41)39-32)34(43)36-20-25-10-12-26(13-11-25)21-40-14-16-45-17-15-40/h6-13,23-24,27,29,32H,5,14-22H2,1-4H3,(H,36,43)(H,37,44)(H,38,42)(H,39,41)/t24-,27-,29-,32-/m0/s1. The number of fused-ring (bicyclic) bond motifs is 1. The molecule has 4 rings (SSSR count). The number of nitrogens with one attached hydrogen (secondary N) is 4. The van der Waals surface area contributed by atoms with Crippen LogP contribution in [-0.4, -0.2) is 79.6 Å². The van der Waals surface area contributed by atoms with E-state index in [1.54, 1.807) is 24.3 Å². The minimum Gasteiger partial charge on any atom is -0.491 e. The first-order valence-corrected chi connectivity index (χ1v) is 16.4. The van der Waals surface area contributed by atoms with E-state index in [0.717, 1.165) is 38.4 Å². The van der Waals surface area contributed by atoms with E-state index in [1.807, 2.05) is 38.1 Å². The Balaban J connectivity index is 1.51. The third-order valence-electron chi connectivity index (χ3n) is 8.50. The smallest absolute Gasteiger partial charge is 0.255 e. The molecule has 2 aromatic rings. The van der Waals surface area contributed by atoms with Gasteiger partial charge in [0.25, 0.3) is 5.91 Å². The minimum absolute atomic E-state index is 0.143.